The van der Waals surface area contributed by atoms with Crippen LogP contribution in [-0.4, -0.2) is 28.9 Å². The molecule has 120 valence electrons. The van der Waals surface area contributed by atoms with Crippen LogP contribution >= 0.6 is 11.3 Å². The second-order valence-corrected chi connectivity index (χ2v) is 7.28. The Kier molecular flexibility index (Phi) is 3.91. The van der Waals surface area contributed by atoms with Gasteiger partial charge in [0, 0.05) is 35.6 Å². The second-order valence-electron chi connectivity index (χ2n) is 6.39. The van der Waals surface area contributed by atoms with Gasteiger partial charge >= 0.3 is 0 Å². The molecule has 23 heavy (non-hydrogen) atoms. The summed E-state index contributed by atoms with van der Waals surface area (Å²) in [6, 6.07) is 5.97. The Morgan fingerprint density at radius 2 is 2.22 bits per heavy atom. The van der Waals surface area contributed by atoms with E-state index in [0.29, 0.717) is 19.1 Å². The van der Waals surface area contributed by atoms with Gasteiger partial charge in [0.15, 0.2) is 0 Å². The Bertz CT molecular complexity index is 740. The molecule has 1 aromatic heterocycles. The van der Waals surface area contributed by atoms with Crippen LogP contribution in [0, 0.1) is 6.92 Å². The monoisotopic (exact) mass is 328 g/mol. The van der Waals surface area contributed by atoms with Crippen molar-refractivity contribution in [2.45, 2.75) is 38.9 Å². The maximum atomic E-state index is 12.8. The summed E-state index contributed by atoms with van der Waals surface area (Å²) in [5.41, 5.74) is 4.22. The molecular weight excluding hydrogens is 308 g/mol. The predicted octanol–water partition coefficient (Wildman–Crippen LogP) is 3.50. The summed E-state index contributed by atoms with van der Waals surface area (Å²) in [7, 11) is 0. The van der Waals surface area contributed by atoms with Gasteiger partial charge in [-0.15, -0.1) is 11.3 Å². The number of nitrogens with zero attached hydrogens (tertiary/aromatic N) is 2. The smallest absolute Gasteiger partial charge is 0.253 e. The predicted molar refractivity (Wildman–Crippen MR) is 89.7 cm³/mol. The van der Waals surface area contributed by atoms with Crippen LogP contribution < -0.4 is 0 Å². The van der Waals surface area contributed by atoms with Crippen LogP contribution in [0.1, 0.15) is 50.9 Å². The first-order chi connectivity index (χ1) is 11.2. The minimum atomic E-state index is 0.137. The molecule has 0 spiro atoms. The number of piperidine rings is 1. The molecule has 0 saturated carbocycles. The molecule has 0 radical (unpaired) electrons. The first-order valence-electron chi connectivity index (χ1n) is 8.11. The van der Waals surface area contributed by atoms with E-state index < -0.39 is 0 Å². The maximum absolute atomic E-state index is 12.8. The lowest BCUT2D eigenvalue weighted by Gasteiger charge is -2.32. The standard InChI is InChI=1S/C18H20N2O2S/c1-12-11-23-17(19-12)14-3-2-6-20(8-14)18(21)13-4-5-15-9-22-10-16(15)7-13/h4-5,7,11,14H,2-3,6,8-10H2,1H3. The van der Waals surface area contributed by atoms with E-state index in [1.54, 1.807) is 11.3 Å². The summed E-state index contributed by atoms with van der Waals surface area (Å²) in [4.78, 5) is 19.5. The zero-order chi connectivity index (χ0) is 15.8. The number of aryl methyl sites for hydroxylation is 1. The summed E-state index contributed by atoms with van der Waals surface area (Å²) in [6.07, 6.45) is 2.16. The van der Waals surface area contributed by atoms with E-state index in [4.69, 9.17) is 4.74 Å². The molecule has 3 heterocycles. The quantitative estimate of drug-likeness (QED) is 0.847. The van der Waals surface area contributed by atoms with E-state index in [2.05, 4.69) is 10.4 Å². The van der Waals surface area contributed by atoms with E-state index in [1.807, 2.05) is 30.0 Å². The molecule has 0 N–H and O–H groups in total. The normalized spacial score (nSPS) is 20.6. The number of benzene rings is 1. The number of likely N-dealkylation sites (tertiary alicyclic amines) is 1. The van der Waals surface area contributed by atoms with Crippen LogP contribution in [0.25, 0.3) is 0 Å². The Morgan fingerprint density at radius 3 is 3.04 bits per heavy atom. The molecule has 4 nitrogen and oxygen atoms in total. The minimum absolute atomic E-state index is 0.137. The number of rotatable bonds is 2. The average Bonchev–Trinajstić information content (AvgIpc) is 3.22. The molecule has 1 unspecified atom stereocenters. The summed E-state index contributed by atoms with van der Waals surface area (Å²) < 4.78 is 5.44. The highest BCUT2D eigenvalue weighted by Crippen LogP contribution is 2.30. The molecule has 1 fully saturated rings. The molecule has 4 rings (SSSR count). The number of ether oxygens (including phenoxy) is 1. The Labute approximate surface area is 140 Å². The Hall–Kier alpha value is -1.72. The number of fused-ring (bicyclic) bond motifs is 1. The van der Waals surface area contributed by atoms with Crippen LogP contribution in [0.15, 0.2) is 23.6 Å². The molecule has 2 aromatic rings. The zero-order valence-corrected chi connectivity index (χ0v) is 14.1. The summed E-state index contributed by atoms with van der Waals surface area (Å²) in [5.74, 6) is 0.516. The third-order valence-corrected chi connectivity index (χ3v) is 5.79. The van der Waals surface area contributed by atoms with Gasteiger partial charge in [-0.3, -0.25) is 4.79 Å². The van der Waals surface area contributed by atoms with E-state index in [0.717, 1.165) is 42.8 Å². The Balaban J connectivity index is 1.51. The number of thiazole rings is 1. The van der Waals surface area contributed by atoms with Gasteiger partial charge in [-0.1, -0.05) is 6.07 Å². The van der Waals surface area contributed by atoms with Crippen LogP contribution in [0.3, 0.4) is 0 Å². The van der Waals surface area contributed by atoms with Crippen molar-refractivity contribution in [3.8, 4) is 0 Å². The SMILES string of the molecule is Cc1csc(C2CCCN(C(=O)c3ccc4c(c3)COC4)C2)n1. The average molecular weight is 328 g/mol. The third-order valence-electron chi connectivity index (χ3n) is 4.66. The number of carbonyl (C=O) groups excluding carboxylic acids is 1. The zero-order valence-electron chi connectivity index (χ0n) is 13.2. The fraction of sp³-hybridized carbons (Fsp3) is 0.444. The van der Waals surface area contributed by atoms with Crippen molar-refractivity contribution in [1.29, 1.82) is 0 Å². The minimum Gasteiger partial charge on any atom is -0.372 e. The first-order valence-corrected chi connectivity index (χ1v) is 8.99. The molecule has 2 aliphatic rings. The number of carbonyl (C=O) groups is 1. The van der Waals surface area contributed by atoms with Gasteiger partial charge < -0.3 is 9.64 Å². The molecule has 2 aliphatic heterocycles. The number of hydrogen-bond donors (Lipinski definition) is 0. The molecule has 1 aromatic carbocycles. The molecular formula is C18H20N2O2S. The van der Waals surface area contributed by atoms with E-state index in [-0.39, 0.29) is 5.91 Å². The van der Waals surface area contributed by atoms with Crippen molar-refractivity contribution in [3.05, 3.63) is 51.0 Å². The molecule has 5 heteroatoms. The van der Waals surface area contributed by atoms with Crippen molar-refractivity contribution in [2.75, 3.05) is 13.1 Å². The van der Waals surface area contributed by atoms with Crippen molar-refractivity contribution in [2.24, 2.45) is 0 Å². The van der Waals surface area contributed by atoms with Gasteiger partial charge in [0.1, 0.15) is 0 Å². The van der Waals surface area contributed by atoms with Gasteiger partial charge in [0.25, 0.3) is 5.91 Å². The van der Waals surface area contributed by atoms with Gasteiger partial charge in [0.05, 0.1) is 18.2 Å². The number of amides is 1. The van der Waals surface area contributed by atoms with Crippen LogP contribution in [0.2, 0.25) is 0 Å². The first kappa shape index (κ1) is 14.8. The topological polar surface area (TPSA) is 42.4 Å². The van der Waals surface area contributed by atoms with Gasteiger partial charge in [-0.2, -0.15) is 0 Å². The molecule has 1 saturated heterocycles. The fourth-order valence-corrected chi connectivity index (χ4v) is 4.34. The van der Waals surface area contributed by atoms with E-state index >= 15 is 0 Å². The summed E-state index contributed by atoms with van der Waals surface area (Å²) in [5, 5.41) is 3.26. The van der Waals surface area contributed by atoms with Crippen molar-refractivity contribution >= 4 is 17.2 Å². The highest BCUT2D eigenvalue weighted by atomic mass is 32.1. The van der Waals surface area contributed by atoms with Crippen molar-refractivity contribution in [3.63, 3.8) is 0 Å². The summed E-state index contributed by atoms with van der Waals surface area (Å²) in [6.45, 7) is 4.93. The lowest BCUT2D eigenvalue weighted by molar-refractivity contribution is 0.0707. The van der Waals surface area contributed by atoms with Crippen LogP contribution in [0.5, 0.6) is 0 Å². The van der Waals surface area contributed by atoms with Crippen molar-refractivity contribution < 1.29 is 9.53 Å². The van der Waals surface area contributed by atoms with Gasteiger partial charge in [-0.05, 0) is 43.0 Å². The maximum Gasteiger partial charge on any atom is 0.253 e. The van der Waals surface area contributed by atoms with Crippen LogP contribution in [0.4, 0.5) is 0 Å². The molecule has 0 aliphatic carbocycles. The summed E-state index contributed by atoms with van der Waals surface area (Å²) >= 11 is 1.72. The lowest BCUT2D eigenvalue weighted by atomic mass is 9.97. The number of aromatic nitrogens is 1. The fourth-order valence-electron chi connectivity index (χ4n) is 3.41. The molecule has 1 amide bonds. The van der Waals surface area contributed by atoms with Gasteiger partial charge in [-0.25, -0.2) is 4.98 Å². The molecule has 1 atom stereocenters. The Morgan fingerprint density at radius 1 is 1.35 bits per heavy atom. The number of hydrogen-bond acceptors (Lipinski definition) is 4. The lowest BCUT2D eigenvalue weighted by Crippen LogP contribution is -2.39. The van der Waals surface area contributed by atoms with Crippen molar-refractivity contribution in [1.82, 2.24) is 9.88 Å². The van der Waals surface area contributed by atoms with E-state index in [1.165, 1.54) is 10.6 Å². The van der Waals surface area contributed by atoms with E-state index in [9.17, 15) is 4.79 Å². The molecule has 0 bridgehead atoms. The highest BCUT2D eigenvalue weighted by Gasteiger charge is 2.27. The highest BCUT2D eigenvalue weighted by molar-refractivity contribution is 7.09. The second kappa shape index (κ2) is 6.06. The third kappa shape index (κ3) is 2.91. The van der Waals surface area contributed by atoms with Gasteiger partial charge in [0.2, 0.25) is 0 Å². The van der Waals surface area contributed by atoms with Crippen LogP contribution in [-0.2, 0) is 18.0 Å². The largest absolute Gasteiger partial charge is 0.372 e.